The lowest BCUT2D eigenvalue weighted by atomic mass is 10.0. The van der Waals surface area contributed by atoms with Gasteiger partial charge in [-0.05, 0) is 44.4 Å². The SMILES string of the molecule is COC(=O)c1cc(C(=O)OC)cc(-c2ccc(CNCCN(C)C)o2)c1.Cl. The first-order valence-electron chi connectivity index (χ1n) is 8.21. The van der Waals surface area contributed by atoms with E-state index in [9.17, 15) is 9.59 Å². The zero-order chi connectivity index (χ0) is 19.1. The molecule has 0 radical (unpaired) electrons. The number of furan rings is 1. The summed E-state index contributed by atoms with van der Waals surface area (Å²) in [7, 11) is 6.61. The summed E-state index contributed by atoms with van der Waals surface area (Å²) in [5.74, 6) is 0.260. The maximum atomic E-state index is 11.9. The topological polar surface area (TPSA) is 81.0 Å². The molecule has 1 aromatic carbocycles. The van der Waals surface area contributed by atoms with Gasteiger partial charge in [-0.2, -0.15) is 0 Å². The van der Waals surface area contributed by atoms with Crippen molar-refractivity contribution >= 4 is 24.3 Å². The number of esters is 2. The van der Waals surface area contributed by atoms with Gasteiger partial charge in [0.15, 0.2) is 0 Å². The van der Waals surface area contributed by atoms with Crippen molar-refractivity contribution in [2.45, 2.75) is 6.54 Å². The summed E-state index contributed by atoms with van der Waals surface area (Å²) in [6, 6.07) is 8.36. The van der Waals surface area contributed by atoms with E-state index in [1.54, 1.807) is 18.2 Å². The predicted molar refractivity (Wildman–Crippen MR) is 104 cm³/mol. The molecule has 0 aliphatic rings. The Hall–Kier alpha value is -2.35. The highest BCUT2D eigenvalue weighted by Crippen LogP contribution is 2.25. The fourth-order valence-corrected chi connectivity index (χ4v) is 2.38. The standard InChI is InChI=1S/C19H24N2O5.ClH/c1-21(2)8-7-20-12-16-5-6-17(26-16)13-9-14(18(22)24-3)11-15(10-13)19(23)25-4;/h5-6,9-11,20H,7-8,12H2,1-4H3;1H. The highest BCUT2D eigenvalue weighted by atomic mass is 35.5. The van der Waals surface area contributed by atoms with Crippen molar-refractivity contribution in [1.82, 2.24) is 10.2 Å². The normalized spacial score (nSPS) is 10.4. The van der Waals surface area contributed by atoms with Crippen LogP contribution in [-0.4, -0.2) is 58.2 Å². The van der Waals surface area contributed by atoms with E-state index in [4.69, 9.17) is 13.9 Å². The lowest BCUT2D eigenvalue weighted by molar-refractivity contribution is 0.0599. The van der Waals surface area contributed by atoms with Crippen LogP contribution in [0.3, 0.4) is 0 Å². The second kappa shape index (κ2) is 10.7. The van der Waals surface area contributed by atoms with Gasteiger partial charge in [0, 0.05) is 18.7 Å². The first-order valence-corrected chi connectivity index (χ1v) is 8.21. The number of hydrogen-bond donors (Lipinski definition) is 1. The third kappa shape index (κ3) is 6.39. The third-order valence-corrected chi connectivity index (χ3v) is 3.76. The zero-order valence-corrected chi connectivity index (χ0v) is 16.7. The number of nitrogens with zero attached hydrogens (tertiary/aromatic N) is 1. The molecule has 2 aromatic rings. The molecule has 0 unspecified atom stereocenters. The van der Waals surface area contributed by atoms with Gasteiger partial charge in [-0.3, -0.25) is 0 Å². The van der Waals surface area contributed by atoms with Gasteiger partial charge in [-0.1, -0.05) is 0 Å². The number of methoxy groups -OCH3 is 2. The predicted octanol–water partition coefficient (Wildman–Crippen LogP) is 2.59. The minimum atomic E-state index is -0.533. The van der Waals surface area contributed by atoms with Crippen molar-refractivity contribution in [2.75, 3.05) is 41.4 Å². The van der Waals surface area contributed by atoms with E-state index in [2.05, 4.69) is 10.2 Å². The van der Waals surface area contributed by atoms with Gasteiger partial charge in [0.2, 0.25) is 0 Å². The van der Waals surface area contributed by atoms with Crippen LogP contribution < -0.4 is 5.32 Å². The molecule has 0 aliphatic carbocycles. The van der Waals surface area contributed by atoms with Crippen molar-refractivity contribution in [3.05, 3.63) is 47.2 Å². The van der Waals surface area contributed by atoms with Gasteiger partial charge in [0.1, 0.15) is 11.5 Å². The van der Waals surface area contributed by atoms with Crippen molar-refractivity contribution in [3.63, 3.8) is 0 Å². The van der Waals surface area contributed by atoms with Crippen LogP contribution in [0.15, 0.2) is 34.7 Å². The second-order valence-electron chi connectivity index (χ2n) is 6.03. The Bertz CT molecular complexity index is 739. The molecule has 0 saturated heterocycles. The number of rotatable bonds is 8. The molecule has 0 atom stereocenters. The molecule has 0 bridgehead atoms. The number of hydrogen-bond acceptors (Lipinski definition) is 7. The molecule has 1 N–H and O–H groups in total. The first kappa shape index (κ1) is 22.7. The third-order valence-electron chi connectivity index (χ3n) is 3.76. The Kier molecular flexibility index (Phi) is 9.00. The monoisotopic (exact) mass is 396 g/mol. The number of benzene rings is 1. The summed E-state index contributed by atoms with van der Waals surface area (Å²) in [6.45, 7) is 2.36. The van der Waals surface area contributed by atoms with E-state index >= 15 is 0 Å². The summed E-state index contributed by atoms with van der Waals surface area (Å²) < 4.78 is 15.3. The van der Waals surface area contributed by atoms with Crippen molar-refractivity contribution in [2.24, 2.45) is 0 Å². The Morgan fingerprint density at radius 1 is 1.04 bits per heavy atom. The van der Waals surface area contributed by atoms with E-state index in [0.717, 1.165) is 18.8 Å². The molecule has 148 valence electrons. The highest BCUT2D eigenvalue weighted by Gasteiger charge is 2.16. The largest absolute Gasteiger partial charge is 0.465 e. The average molecular weight is 397 g/mol. The Morgan fingerprint density at radius 2 is 1.63 bits per heavy atom. The van der Waals surface area contributed by atoms with E-state index in [0.29, 0.717) is 17.9 Å². The van der Waals surface area contributed by atoms with Crippen molar-refractivity contribution < 1.29 is 23.5 Å². The molecule has 8 heteroatoms. The Morgan fingerprint density at radius 3 is 2.15 bits per heavy atom. The molecule has 27 heavy (non-hydrogen) atoms. The number of nitrogens with one attached hydrogen (secondary N) is 1. The lowest BCUT2D eigenvalue weighted by Gasteiger charge is -2.09. The highest BCUT2D eigenvalue weighted by molar-refractivity contribution is 5.97. The van der Waals surface area contributed by atoms with Gasteiger partial charge in [-0.15, -0.1) is 12.4 Å². The van der Waals surface area contributed by atoms with Gasteiger partial charge in [0.05, 0.1) is 31.9 Å². The number of likely N-dealkylation sites (N-methyl/N-ethyl adjacent to an activating group) is 1. The van der Waals surface area contributed by atoms with Crippen LogP contribution in [0.1, 0.15) is 26.5 Å². The Balaban J connectivity index is 0.00000364. The van der Waals surface area contributed by atoms with E-state index < -0.39 is 11.9 Å². The number of carbonyl (C=O) groups excluding carboxylic acids is 2. The second-order valence-corrected chi connectivity index (χ2v) is 6.03. The van der Waals surface area contributed by atoms with Crippen LogP contribution >= 0.6 is 12.4 Å². The first-order chi connectivity index (χ1) is 12.4. The van der Waals surface area contributed by atoms with Crippen LogP contribution in [0, 0.1) is 0 Å². The van der Waals surface area contributed by atoms with Gasteiger partial charge < -0.3 is 24.1 Å². The average Bonchev–Trinajstić information content (AvgIpc) is 3.12. The zero-order valence-electron chi connectivity index (χ0n) is 15.9. The van der Waals surface area contributed by atoms with E-state index in [1.807, 2.05) is 20.2 Å². The maximum absolute atomic E-state index is 11.9. The van der Waals surface area contributed by atoms with Crippen LogP contribution in [0.2, 0.25) is 0 Å². The van der Waals surface area contributed by atoms with Gasteiger partial charge in [-0.25, -0.2) is 9.59 Å². The van der Waals surface area contributed by atoms with Crippen LogP contribution in [0.25, 0.3) is 11.3 Å². The summed E-state index contributed by atoms with van der Waals surface area (Å²) in [6.07, 6.45) is 0. The lowest BCUT2D eigenvalue weighted by Crippen LogP contribution is -2.25. The van der Waals surface area contributed by atoms with Gasteiger partial charge in [0.25, 0.3) is 0 Å². The smallest absolute Gasteiger partial charge is 0.337 e. The molecular formula is C19H25ClN2O5. The summed E-state index contributed by atoms with van der Waals surface area (Å²) in [5.41, 5.74) is 1.12. The number of halogens is 1. The fraction of sp³-hybridized carbons (Fsp3) is 0.368. The Labute approximate surface area is 165 Å². The van der Waals surface area contributed by atoms with Crippen LogP contribution in [0.5, 0.6) is 0 Å². The van der Waals surface area contributed by atoms with Crippen molar-refractivity contribution in [3.8, 4) is 11.3 Å². The maximum Gasteiger partial charge on any atom is 0.337 e. The van der Waals surface area contributed by atoms with Crippen LogP contribution in [-0.2, 0) is 16.0 Å². The molecule has 0 aliphatic heterocycles. The molecule has 0 fully saturated rings. The molecule has 0 saturated carbocycles. The molecule has 0 amide bonds. The van der Waals surface area contributed by atoms with E-state index in [-0.39, 0.29) is 23.5 Å². The fourth-order valence-electron chi connectivity index (χ4n) is 2.38. The summed E-state index contributed by atoms with van der Waals surface area (Å²) in [4.78, 5) is 25.8. The quantitative estimate of drug-likeness (QED) is 0.542. The minimum Gasteiger partial charge on any atom is -0.465 e. The number of carbonyl (C=O) groups is 2. The molecule has 1 aromatic heterocycles. The molecular weight excluding hydrogens is 372 g/mol. The molecule has 7 nitrogen and oxygen atoms in total. The minimum absolute atomic E-state index is 0. The number of ether oxygens (including phenoxy) is 2. The summed E-state index contributed by atoms with van der Waals surface area (Å²) >= 11 is 0. The van der Waals surface area contributed by atoms with Crippen molar-refractivity contribution in [1.29, 1.82) is 0 Å². The van der Waals surface area contributed by atoms with Crippen LogP contribution in [0.4, 0.5) is 0 Å². The molecule has 0 spiro atoms. The summed E-state index contributed by atoms with van der Waals surface area (Å²) in [5, 5.41) is 3.29. The molecule has 2 rings (SSSR count). The molecule has 1 heterocycles. The van der Waals surface area contributed by atoms with E-state index in [1.165, 1.54) is 20.3 Å². The van der Waals surface area contributed by atoms with Gasteiger partial charge >= 0.3 is 11.9 Å².